The van der Waals surface area contributed by atoms with Crippen LogP contribution in [0.25, 0.3) is 0 Å². The van der Waals surface area contributed by atoms with Gasteiger partial charge in [-0.15, -0.1) is 0 Å². The van der Waals surface area contributed by atoms with E-state index in [-0.39, 0.29) is 40.2 Å². The van der Waals surface area contributed by atoms with Crippen molar-refractivity contribution in [3.8, 4) is 0 Å². The molecule has 26 heavy (non-hydrogen) atoms. The van der Waals surface area contributed by atoms with Crippen molar-refractivity contribution in [2.75, 3.05) is 12.5 Å². The number of carbonyl (C=O) groups excluding carboxylic acids is 2. The van der Waals surface area contributed by atoms with Crippen LogP contribution in [0.2, 0.25) is 18.1 Å². The number of carbonyl (C=O) groups is 2. The minimum absolute atomic E-state index is 0.0141. The fraction of sp³-hybridized carbons (Fsp3) is 0.895. The molecule has 2 rings (SSSR count). The van der Waals surface area contributed by atoms with E-state index < -0.39 is 8.32 Å². The van der Waals surface area contributed by atoms with Gasteiger partial charge in [-0.1, -0.05) is 39.1 Å². The van der Waals surface area contributed by atoms with Gasteiger partial charge in [0.05, 0.1) is 23.3 Å². The van der Waals surface area contributed by atoms with E-state index in [1.165, 1.54) is 11.9 Å². The van der Waals surface area contributed by atoms with Gasteiger partial charge in [-0.05, 0) is 44.2 Å². The summed E-state index contributed by atoms with van der Waals surface area (Å²) in [6.45, 7) is 13.1. The van der Waals surface area contributed by atoms with Gasteiger partial charge >= 0.3 is 0 Å². The molecule has 1 saturated heterocycles. The van der Waals surface area contributed by atoms with Gasteiger partial charge in [0.15, 0.2) is 14.1 Å². The Morgan fingerprint density at radius 3 is 2.31 bits per heavy atom. The highest BCUT2D eigenvalue weighted by atomic mass is 32.2. The predicted molar refractivity (Wildman–Crippen MR) is 115 cm³/mol. The van der Waals surface area contributed by atoms with Crippen molar-refractivity contribution in [2.45, 2.75) is 82.5 Å². The van der Waals surface area contributed by atoms with E-state index in [9.17, 15) is 9.59 Å². The molecule has 2 fully saturated rings. The number of amides is 1. The lowest BCUT2D eigenvalue weighted by atomic mass is 9.71. The number of Topliss-reactive ketones (excluding diaryl/α,β-unsaturated/α-hetero) is 1. The first kappa shape index (κ1) is 22.3. The van der Waals surface area contributed by atoms with E-state index in [0.717, 1.165) is 19.3 Å². The monoisotopic (exact) mass is 417 g/mol. The van der Waals surface area contributed by atoms with Crippen LogP contribution in [0.3, 0.4) is 0 Å². The second-order valence-electron chi connectivity index (χ2n) is 9.11. The second kappa shape index (κ2) is 8.17. The Labute approximate surface area is 168 Å². The number of rotatable bonds is 6. The summed E-state index contributed by atoms with van der Waals surface area (Å²) in [5, 5.41) is 0.193. The Morgan fingerprint density at radius 1 is 1.19 bits per heavy atom. The van der Waals surface area contributed by atoms with E-state index in [4.69, 9.17) is 4.43 Å². The summed E-state index contributed by atoms with van der Waals surface area (Å²) in [6.07, 6.45) is 6.74. The molecule has 2 aliphatic rings. The molecule has 0 aromatic heterocycles. The van der Waals surface area contributed by atoms with Crippen LogP contribution in [0.15, 0.2) is 0 Å². The van der Waals surface area contributed by atoms with Crippen LogP contribution in [0, 0.1) is 11.8 Å². The Morgan fingerprint density at radius 2 is 1.81 bits per heavy atom. The highest BCUT2D eigenvalue weighted by Crippen LogP contribution is 2.46. The summed E-state index contributed by atoms with van der Waals surface area (Å²) < 4.78 is 8.38. The molecule has 0 N–H and O–H groups in total. The minimum atomic E-state index is -1.96. The SMILES string of the molecule is CSC1CCCC(C2C(C(C)O[Si](C)(C)C(C)(C)C)C(=O)N2SC)C1=O. The van der Waals surface area contributed by atoms with Crippen LogP contribution >= 0.6 is 23.7 Å². The van der Waals surface area contributed by atoms with Gasteiger partial charge in [-0.2, -0.15) is 11.8 Å². The molecule has 5 unspecified atom stereocenters. The van der Waals surface area contributed by atoms with Crippen LogP contribution in [0.5, 0.6) is 0 Å². The first-order valence-electron chi connectivity index (χ1n) is 9.57. The normalized spacial score (nSPS) is 31.8. The van der Waals surface area contributed by atoms with Gasteiger partial charge in [0, 0.05) is 12.2 Å². The molecule has 1 amide bonds. The lowest BCUT2D eigenvalue weighted by Gasteiger charge is -2.53. The zero-order chi connectivity index (χ0) is 19.9. The Kier molecular flexibility index (Phi) is 7.01. The molecular weight excluding hydrogens is 382 g/mol. The third-order valence-electron chi connectivity index (χ3n) is 6.49. The van der Waals surface area contributed by atoms with Crippen molar-refractivity contribution in [3.63, 3.8) is 0 Å². The number of nitrogens with zero attached hydrogens (tertiary/aromatic N) is 1. The van der Waals surface area contributed by atoms with Gasteiger partial charge in [0.1, 0.15) is 0 Å². The van der Waals surface area contributed by atoms with E-state index in [1.54, 1.807) is 11.8 Å². The average molecular weight is 418 g/mol. The zero-order valence-electron chi connectivity index (χ0n) is 17.5. The van der Waals surface area contributed by atoms with Crippen LogP contribution < -0.4 is 0 Å². The molecule has 1 aliphatic carbocycles. The van der Waals surface area contributed by atoms with Crippen molar-refractivity contribution >= 4 is 43.7 Å². The van der Waals surface area contributed by atoms with E-state index in [0.29, 0.717) is 5.78 Å². The van der Waals surface area contributed by atoms with E-state index in [2.05, 4.69) is 33.9 Å². The predicted octanol–water partition coefficient (Wildman–Crippen LogP) is 4.60. The molecule has 0 aromatic rings. The van der Waals surface area contributed by atoms with Gasteiger partial charge in [-0.3, -0.25) is 13.9 Å². The van der Waals surface area contributed by atoms with Gasteiger partial charge in [0.25, 0.3) is 0 Å². The van der Waals surface area contributed by atoms with Crippen molar-refractivity contribution in [3.05, 3.63) is 0 Å². The summed E-state index contributed by atoms with van der Waals surface area (Å²) in [7, 11) is -1.96. The molecule has 1 saturated carbocycles. The molecule has 1 aliphatic heterocycles. The lowest BCUT2D eigenvalue weighted by molar-refractivity contribution is -0.157. The van der Waals surface area contributed by atoms with Crippen molar-refractivity contribution in [1.82, 2.24) is 4.31 Å². The number of thioether (sulfide) groups is 1. The Bertz CT molecular complexity index is 549. The lowest BCUT2D eigenvalue weighted by Crippen LogP contribution is -2.67. The third-order valence-corrected chi connectivity index (χ3v) is 12.9. The second-order valence-corrected chi connectivity index (χ2v) is 15.7. The van der Waals surface area contributed by atoms with Crippen molar-refractivity contribution < 1.29 is 14.0 Å². The van der Waals surface area contributed by atoms with Crippen LogP contribution in [0.4, 0.5) is 0 Å². The number of ketones is 1. The average Bonchev–Trinajstić information content (AvgIpc) is 2.52. The van der Waals surface area contributed by atoms with E-state index in [1.807, 2.05) is 23.7 Å². The van der Waals surface area contributed by atoms with Crippen LogP contribution in [-0.2, 0) is 14.0 Å². The number of β-lactam (4-membered cyclic amide) rings is 1. The fourth-order valence-electron chi connectivity index (χ4n) is 3.94. The molecule has 0 spiro atoms. The van der Waals surface area contributed by atoms with Crippen molar-refractivity contribution in [1.29, 1.82) is 0 Å². The zero-order valence-corrected chi connectivity index (χ0v) is 20.1. The highest BCUT2D eigenvalue weighted by Gasteiger charge is 2.57. The van der Waals surface area contributed by atoms with Gasteiger partial charge < -0.3 is 4.43 Å². The minimum Gasteiger partial charge on any atom is -0.413 e. The Hall–Kier alpha value is 0.0169. The topological polar surface area (TPSA) is 46.6 Å². The Balaban J connectivity index is 2.21. The molecule has 5 atom stereocenters. The quantitative estimate of drug-likeness (QED) is 0.359. The molecule has 1 heterocycles. The number of hydrogen-bond donors (Lipinski definition) is 0. The van der Waals surface area contributed by atoms with E-state index >= 15 is 0 Å². The fourth-order valence-corrected chi connectivity index (χ4v) is 7.00. The summed E-state index contributed by atoms with van der Waals surface area (Å²) in [5.41, 5.74) is 0. The summed E-state index contributed by atoms with van der Waals surface area (Å²) in [4.78, 5) is 25.8. The molecule has 0 radical (unpaired) electrons. The standard InChI is InChI=1S/C19H35NO3S2Si/c1-12(23-26(7,8)19(2,3)4)15-16(20(25-6)18(15)22)13-10-9-11-14(24-5)17(13)21/h12-16H,9-11H2,1-8H3. The highest BCUT2D eigenvalue weighted by molar-refractivity contribution is 7.99. The number of hydrogen-bond acceptors (Lipinski definition) is 5. The maximum atomic E-state index is 13.0. The molecule has 150 valence electrons. The summed E-state index contributed by atoms with van der Waals surface area (Å²) in [5.74, 6) is 0.241. The maximum absolute atomic E-state index is 13.0. The largest absolute Gasteiger partial charge is 0.413 e. The first-order valence-corrected chi connectivity index (χ1v) is 15.0. The van der Waals surface area contributed by atoms with Crippen LogP contribution in [0.1, 0.15) is 47.0 Å². The molecule has 0 aromatic carbocycles. The summed E-state index contributed by atoms with van der Waals surface area (Å²) >= 11 is 3.12. The van der Waals surface area contributed by atoms with Gasteiger partial charge in [0.2, 0.25) is 5.91 Å². The molecule has 7 heteroatoms. The van der Waals surface area contributed by atoms with Gasteiger partial charge in [-0.25, -0.2) is 0 Å². The van der Waals surface area contributed by atoms with Crippen LogP contribution in [-0.4, -0.2) is 54.2 Å². The molecular formula is C19H35NO3S2Si. The summed E-state index contributed by atoms with van der Waals surface area (Å²) in [6, 6.07) is -0.0141. The molecule has 4 nitrogen and oxygen atoms in total. The third kappa shape index (κ3) is 4.05. The first-order chi connectivity index (χ1) is 12.0. The van der Waals surface area contributed by atoms with Crippen molar-refractivity contribution in [2.24, 2.45) is 11.8 Å². The maximum Gasteiger partial charge on any atom is 0.240 e. The molecule has 0 bridgehead atoms. The smallest absolute Gasteiger partial charge is 0.240 e.